The van der Waals surface area contributed by atoms with Gasteiger partial charge in [0.25, 0.3) is 0 Å². The molecule has 0 bridgehead atoms. The first-order valence-corrected chi connectivity index (χ1v) is 4.50. The summed E-state index contributed by atoms with van der Waals surface area (Å²) in [5.41, 5.74) is 6.67. The third-order valence-electron chi connectivity index (χ3n) is 1.75. The van der Waals surface area contributed by atoms with E-state index in [-0.39, 0.29) is 6.54 Å². The standard InChI is InChI=1S/C10H14N2O2/c13-10(14)8-12-11-7-6-9-4-2-1-3-5-9/h1-5,11-12H,6-8H2,(H,13,14). The number of nitrogens with one attached hydrogen (secondary N) is 2. The van der Waals surface area contributed by atoms with Crippen LogP contribution in [0.3, 0.4) is 0 Å². The molecule has 0 aliphatic carbocycles. The van der Waals surface area contributed by atoms with Crippen molar-refractivity contribution in [1.29, 1.82) is 0 Å². The highest BCUT2D eigenvalue weighted by molar-refractivity contribution is 5.68. The quantitative estimate of drug-likeness (QED) is 0.453. The molecule has 0 saturated carbocycles. The van der Waals surface area contributed by atoms with Crippen molar-refractivity contribution in [2.24, 2.45) is 0 Å². The summed E-state index contributed by atoms with van der Waals surface area (Å²) in [6.45, 7) is 0.659. The zero-order valence-corrected chi connectivity index (χ0v) is 7.86. The molecular formula is C10H14N2O2. The average Bonchev–Trinajstić information content (AvgIpc) is 2.18. The number of carbonyl (C=O) groups is 1. The lowest BCUT2D eigenvalue weighted by atomic mass is 10.2. The Morgan fingerprint density at radius 3 is 2.57 bits per heavy atom. The van der Waals surface area contributed by atoms with E-state index in [1.165, 1.54) is 5.56 Å². The minimum absolute atomic E-state index is 0.0607. The van der Waals surface area contributed by atoms with Crippen LogP contribution in [0.2, 0.25) is 0 Å². The monoisotopic (exact) mass is 194 g/mol. The second-order valence-electron chi connectivity index (χ2n) is 2.91. The molecule has 0 fully saturated rings. The van der Waals surface area contributed by atoms with Gasteiger partial charge in [-0.2, -0.15) is 0 Å². The molecule has 0 aliphatic heterocycles. The molecule has 0 atom stereocenters. The molecule has 14 heavy (non-hydrogen) atoms. The SMILES string of the molecule is O=C(O)CNNCCc1ccccc1. The highest BCUT2D eigenvalue weighted by atomic mass is 16.4. The van der Waals surface area contributed by atoms with E-state index < -0.39 is 5.97 Å². The van der Waals surface area contributed by atoms with Gasteiger partial charge in [0.2, 0.25) is 0 Å². The van der Waals surface area contributed by atoms with Crippen LogP contribution >= 0.6 is 0 Å². The van der Waals surface area contributed by atoms with E-state index >= 15 is 0 Å². The fourth-order valence-corrected chi connectivity index (χ4v) is 1.08. The zero-order valence-electron chi connectivity index (χ0n) is 7.86. The summed E-state index contributed by atoms with van der Waals surface area (Å²) >= 11 is 0. The Kier molecular flexibility index (Phi) is 4.68. The van der Waals surface area contributed by atoms with Gasteiger partial charge in [0, 0.05) is 6.54 Å². The number of carboxylic acids is 1. The van der Waals surface area contributed by atoms with Crippen LogP contribution < -0.4 is 10.9 Å². The Bertz CT molecular complexity index is 275. The molecule has 1 aromatic rings. The molecule has 0 radical (unpaired) electrons. The van der Waals surface area contributed by atoms with Crippen LogP contribution in [0.15, 0.2) is 30.3 Å². The molecule has 4 heteroatoms. The lowest BCUT2D eigenvalue weighted by Crippen LogP contribution is -2.37. The van der Waals surface area contributed by atoms with Crippen molar-refractivity contribution in [3.05, 3.63) is 35.9 Å². The van der Waals surface area contributed by atoms with E-state index in [4.69, 9.17) is 5.11 Å². The van der Waals surface area contributed by atoms with E-state index in [1.54, 1.807) is 0 Å². The number of benzene rings is 1. The number of hydrogen-bond donors (Lipinski definition) is 3. The largest absolute Gasteiger partial charge is 0.480 e. The van der Waals surface area contributed by atoms with E-state index in [9.17, 15) is 4.79 Å². The van der Waals surface area contributed by atoms with Crippen LogP contribution in [-0.2, 0) is 11.2 Å². The first-order valence-electron chi connectivity index (χ1n) is 4.50. The maximum absolute atomic E-state index is 10.1. The molecule has 76 valence electrons. The van der Waals surface area contributed by atoms with Gasteiger partial charge < -0.3 is 5.11 Å². The topological polar surface area (TPSA) is 61.4 Å². The van der Waals surface area contributed by atoms with Gasteiger partial charge in [-0.1, -0.05) is 30.3 Å². The summed E-state index contributed by atoms with van der Waals surface area (Å²) in [5.74, 6) is -0.864. The third kappa shape index (κ3) is 4.59. The summed E-state index contributed by atoms with van der Waals surface area (Å²) in [5, 5.41) is 8.33. The fraction of sp³-hybridized carbons (Fsp3) is 0.300. The Morgan fingerprint density at radius 1 is 1.21 bits per heavy atom. The van der Waals surface area contributed by atoms with E-state index in [2.05, 4.69) is 10.9 Å². The zero-order chi connectivity index (χ0) is 10.2. The van der Waals surface area contributed by atoms with Crippen LogP contribution in [0.25, 0.3) is 0 Å². The van der Waals surface area contributed by atoms with Crippen molar-refractivity contribution in [3.8, 4) is 0 Å². The summed E-state index contributed by atoms with van der Waals surface area (Å²) in [6, 6.07) is 10.0. The van der Waals surface area contributed by atoms with E-state index in [0.29, 0.717) is 0 Å². The van der Waals surface area contributed by atoms with Crippen molar-refractivity contribution in [2.45, 2.75) is 6.42 Å². The first kappa shape index (κ1) is 10.7. The van der Waals surface area contributed by atoms with Crippen molar-refractivity contribution >= 4 is 5.97 Å². The summed E-state index contributed by atoms with van der Waals surface area (Å²) < 4.78 is 0. The van der Waals surface area contributed by atoms with Gasteiger partial charge in [0.1, 0.15) is 6.54 Å². The maximum Gasteiger partial charge on any atom is 0.318 e. The van der Waals surface area contributed by atoms with Crippen molar-refractivity contribution in [3.63, 3.8) is 0 Å². The van der Waals surface area contributed by atoms with Crippen LogP contribution in [0.5, 0.6) is 0 Å². The summed E-state index contributed by atoms with van der Waals surface area (Å²) in [7, 11) is 0. The number of rotatable bonds is 6. The normalized spacial score (nSPS) is 10.0. The van der Waals surface area contributed by atoms with Crippen LogP contribution in [-0.4, -0.2) is 24.2 Å². The molecule has 0 heterocycles. The Morgan fingerprint density at radius 2 is 1.93 bits per heavy atom. The minimum atomic E-state index is -0.864. The predicted octanol–water partition coefficient (Wildman–Crippen LogP) is 0.408. The van der Waals surface area contributed by atoms with Gasteiger partial charge in [-0.3, -0.25) is 10.2 Å². The number of hydrogen-bond acceptors (Lipinski definition) is 3. The molecule has 0 spiro atoms. The van der Waals surface area contributed by atoms with Gasteiger partial charge in [-0.25, -0.2) is 5.43 Å². The number of hydrazine groups is 1. The first-order chi connectivity index (χ1) is 6.79. The molecule has 3 N–H and O–H groups in total. The molecule has 0 amide bonds. The van der Waals surface area contributed by atoms with Crippen LogP contribution in [0, 0.1) is 0 Å². The van der Waals surface area contributed by atoms with Gasteiger partial charge >= 0.3 is 5.97 Å². The summed E-state index contributed by atoms with van der Waals surface area (Å²) in [6.07, 6.45) is 0.882. The Balaban J connectivity index is 2.08. The molecule has 1 aromatic carbocycles. The van der Waals surface area contributed by atoms with Gasteiger partial charge in [0.15, 0.2) is 0 Å². The predicted molar refractivity (Wildman–Crippen MR) is 53.8 cm³/mol. The van der Waals surface area contributed by atoms with Crippen molar-refractivity contribution in [1.82, 2.24) is 10.9 Å². The highest BCUT2D eigenvalue weighted by Crippen LogP contribution is 1.97. The third-order valence-corrected chi connectivity index (χ3v) is 1.75. The lowest BCUT2D eigenvalue weighted by Gasteiger charge is -2.04. The molecule has 1 rings (SSSR count). The molecular weight excluding hydrogens is 180 g/mol. The Labute approximate surface area is 82.9 Å². The second-order valence-corrected chi connectivity index (χ2v) is 2.91. The molecule has 0 saturated heterocycles. The van der Waals surface area contributed by atoms with E-state index in [0.717, 1.165) is 13.0 Å². The molecule has 0 unspecified atom stereocenters. The Hall–Kier alpha value is -1.39. The van der Waals surface area contributed by atoms with Crippen molar-refractivity contribution < 1.29 is 9.90 Å². The van der Waals surface area contributed by atoms with Gasteiger partial charge in [0.05, 0.1) is 0 Å². The second kappa shape index (κ2) is 6.12. The smallest absolute Gasteiger partial charge is 0.318 e. The number of aliphatic carboxylic acids is 1. The fourth-order valence-electron chi connectivity index (χ4n) is 1.08. The van der Waals surface area contributed by atoms with Crippen LogP contribution in [0.1, 0.15) is 5.56 Å². The van der Waals surface area contributed by atoms with Gasteiger partial charge in [-0.15, -0.1) is 0 Å². The lowest BCUT2D eigenvalue weighted by molar-refractivity contribution is -0.136. The van der Waals surface area contributed by atoms with E-state index in [1.807, 2.05) is 30.3 Å². The number of carboxylic acid groups (broad SMARTS) is 1. The summed E-state index contributed by atoms with van der Waals surface area (Å²) in [4.78, 5) is 10.1. The van der Waals surface area contributed by atoms with Gasteiger partial charge in [-0.05, 0) is 12.0 Å². The highest BCUT2D eigenvalue weighted by Gasteiger charge is 1.94. The molecule has 0 aliphatic rings. The molecule has 0 aromatic heterocycles. The van der Waals surface area contributed by atoms with Crippen molar-refractivity contribution in [2.75, 3.05) is 13.1 Å². The maximum atomic E-state index is 10.1. The average molecular weight is 194 g/mol. The molecule has 4 nitrogen and oxygen atoms in total. The van der Waals surface area contributed by atoms with Crippen LogP contribution in [0.4, 0.5) is 0 Å². The minimum Gasteiger partial charge on any atom is -0.480 e.